The van der Waals surface area contributed by atoms with E-state index in [1.54, 1.807) is 6.07 Å². The van der Waals surface area contributed by atoms with Crippen molar-refractivity contribution in [3.63, 3.8) is 0 Å². The van der Waals surface area contributed by atoms with Gasteiger partial charge in [-0.2, -0.15) is 5.26 Å². The highest BCUT2D eigenvalue weighted by Gasteiger charge is 2.53. The van der Waals surface area contributed by atoms with Gasteiger partial charge in [-0.3, -0.25) is 4.90 Å². The zero-order valence-electron chi connectivity index (χ0n) is 19.9. The summed E-state index contributed by atoms with van der Waals surface area (Å²) >= 11 is 0. The molecule has 0 bridgehead atoms. The first-order valence-electron chi connectivity index (χ1n) is 11.8. The maximum atomic E-state index is 14.9. The molecule has 2 aromatic rings. The minimum absolute atomic E-state index is 0.412. The Bertz CT molecular complexity index is 924. The fraction of sp³-hybridized carbons (Fsp3) is 0.536. The predicted octanol–water partition coefficient (Wildman–Crippen LogP) is 7.37. The molecule has 2 aliphatic carbocycles. The lowest BCUT2D eigenvalue weighted by atomic mass is 9.92. The predicted molar refractivity (Wildman–Crippen MR) is 127 cm³/mol. The van der Waals surface area contributed by atoms with Crippen LogP contribution in [-0.2, 0) is 24.3 Å². The van der Waals surface area contributed by atoms with Crippen molar-refractivity contribution in [1.82, 2.24) is 4.90 Å². The topological polar surface area (TPSA) is 27.0 Å². The van der Waals surface area contributed by atoms with Crippen molar-refractivity contribution in [2.45, 2.75) is 96.2 Å². The Labute approximate surface area is 192 Å². The summed E-state index contributed by atoms with van der Waals surface area (Å²) in [5.74, 6) is 0. The fourth-order valence-corrected chi connectivity index (χ4v) is 4.45. The molecular formula is C28H36F2N2. The monoisotopic (exact) mass is 438 g/mol. The minimum Gasteiger partial charge on any atom is -0.294 e. The van der Waals surface area contributed by atoms with Gasteiger partial charge in [0.2, 0.25) is 0 Å². The Morgan fingerprint density at radius 3 is 2.00 bits per heavy atom. The Morgan fingerprint density at radius 2 is 1.47 bits per heavy atom. The van der Waals surface area contributed by atoms with Gasteiger partial charge in [-0.05, 0) is 81.5 Å². The van der Waals surface area contributed by atoms with Crippen LogP contribution >= 0.6 is 0 Å². The summed E-state index contributed by atoms with van der Waals surface area (Å²) in [4.78, 5) is 2.52. The first kappa shape index (κ1) is 24.4. The second-order valence-electron chi connectivity index (χ2n) is 9.67. The molecule has 172 valence electrons. The highest BCUT2D eigenvalue weighted by atomic mass is 19.1. The lowest BCUT2D eigenvalue weighted by Gasteiger charge is -2.33. The van der Waals surface area contributed by atoms with Gasteiger partial charge in [0, 0.05) is 25.6 Å². The Balaban J connectivity index is 0.000000913. The summed E-state index contributed by atoms with van der Waals surface area (Å²) < 4.78 is 29.7. The van der Waals surface area contributed by atoms with Crippen molar-refractivity contribution in [1.29, 1.82) is 5.26 Å². The van der Waals surface area contributed by atoms with Crippen molar-refractivity contribution in [3.05, 3.63) is 70.8 Å². The smallest absolute Gasteiger partial charge is 0.136 e. The maximum Gasteiger partial charge on any atom is 0.136 e. The van der Waals surface area contributed by atoms with E-state index in [9.17, 15) is 8.78 Å². The van der Waals surface area contributed by atoms with Crippen molar-refractivity contribution in [2.24, 2.45) is 0 Å². The fourth-order valence-electron chi connectivity index (χ4n) is 4.45. The van der Waals surface area contributed by atoms with Gasteiger partial charge in [0.25, 0.3) is 0 Å². The van der Waals surface area contributed by atoms with Gasteiger partial charge in [0.05, 0.1) is 6.07 Å². The molecule has 1 atom stereocenters. The number of nitrogens with zero attached hydrogens (tertiary/aromatic N) is 2. The van der Waals surface area contributed by atoms with E-state index in [-0.39, 0.29) is 0 Å². The zero-order valence-corrected chi connectivity index (χ0v) is 19.9. The molecule has 0 N–H and O–H groups in total. The molecule has 32 heavy (non-hydrogen) atoms. The summed E-state index contributed by atoms with van der Waals surface area (Å²) in [6, 6.07) is 19.0. The quantitative estimate of drug-likeness (QED) is 0.409. The highest BCUT2D eigenvalue weighted by Crippen LogP contribution is 2.58. The molecule has 4 rings (SSSR count). The molecule has 0 amide bonds. The van der Waals surface area contributed by atoms with Crippen molar-refractivity contribution in [2.75, 3.05) is 0 Å². The van der Waals surface area contributed by atoms with Crippen LogP contribution in [0.2, 0.25) is 0 Å². The van der Waals surface area contributed by atoms with Gasteiger partial charge >= 0.3 is 0 Å². The van der Waals surface area contributed by atoms with Crippen LogP contribution in [0.5, 0.6) is 0 Å². The standard InChI is InChI=1S/C26H33F2N.C2H3N/c1-19(2)29(18-22-7-5-4-6-8-22)20(3)9-10-21-11-12-23(25(27)13-14-25)24(17-21)26(28)15-16-26;1-2-3/h4-8,11-12,17,19-20H,9-10,13-16,18H2,1-3H3;1H3. The van der Waals surface area contributed by atoms with E-state index in [1.165, 1.54) is 12.5 Å². The van der Waals surface area contributed by atoms with Gasteiger partial charge in [0.1, 0.15) is 11.3 Å². The average Bonchev–Trinajstić information content (AvgIpc) is 3.70. The zero-order chi connectivity index (χ0) is 23.4. The molecule has 2 fully saturated rings. The Morgan fingerprint density at radius 1 is 0.906 bits per heavy atom. The molecular weight excluding hydrogens is 402 g/mol. The van der Waals surface area contributed by atoms with Crippen LogP contribution in [0.3, 0.4) is 0 Å². The molecule has 0 spiro atoms. The third kappa shape index (κ3) is 5.95. The van der Waals surface area contributed by atoms with E-state index in [1.807, 2.05) is 18.2 Å². The van der Waals surface area contributed by atoms with Gasteiger partial charge in [-0.25, -0.2) is 8.78 Å². The van der Waals surface area contributed by atoms with E-state index in [0.717, 1.165) is 24.9 Å². The molecule has 2 aliphatic rings. The van der Waals surface area contributed by atoms with E-state index < -0.39 is 11.3 Å². The van der Waals surface area contributed by atoms with E-state index >= 15 is 0 Å². The van der Waals surface area contributed by atoms with Crippen molar-refractivity contribution >= 4 is 0 Å². The number of halogens is 2. The van der Waals surface area contributed by atoms with Gasteiger partial charge in [-0.1, -0.05) is 48.5 Å². The molecule has 1 unspecified atom stereocenters. The Hall–Kier alpha value is -2.25. The Kier molecular flexibility index (Phi) is 7.72. The molecule has 2 nitrogen and oxygen atoms in total. The molecule has 2 aromatic carbocycles. The number of alkyl halides is 2. The molecule has 0 aliphatic heterocycles. The van der Waals surface area contributed by atoms with Crippen LogP contribution < -0.4 is 0 Å². The minimum atomic E-state index is -1.28. The SMILES string of the molecule is CC#N.CC(C)N(Cc1ccccc1)C(C)CCc1ccc(C2(F)CC2)c(C2(F)CC2)c1. The lowest BCUT2D eigenvalue weighted by Crippen LogP contribution is -2.38. The largest absolute Gasteiger partial charge is 0.294 e. The van der Waals surface area contributed by atoms with Crippen molar-refractivity contribution in [3.8, 4) is 6.07 Å². The number of rotatable bonds is 9. The first-order chi connectivity index (χ1) is 15.2. The van der Waals surface area contributed by atoms with Gasteiger partial charge in [0.15, 0.2) is 0 Å². The number of benzene rings is 2. The summed E-state index contributed by atoms with van der Waals surface area (Å²) in [6.45, 7) is 9.11. The number of hydrogen-bond donors (Lipinski definition) is 0. The third-order valence-corrected chi connectivity index (χ3v) is 6.72. The lowest BCUT2D eigenvalue weighted by molar-refractivity contribution is 0.147. The summed E-state index contributed by atoms with van der Waals surface area (Å²) in [7, 11) is 0. The summed E-state index contributed by atoms with van der Waals surface area (Å²) in [5, 5.41) is 7.32. The molecule has 4 heteroatoms. The van der Waals surface area contributed by atoms with E-state index in [0.29, 0.717) is 48.9 Å². The van der Waals surface area contributed by atoms with Crippen LogP contribution in [-0.4, -0.2) is 17.0 Å². The van der Waals surface area contributed by atoms with Crippen LogP contribution in [0.15, 0.2) is 48.5 Å². The van der Waals surface area contributed by atoms with Gasteiger partial charge in [-0.15, -0.1) is 0 Å². The molecule has 2 saturated carbocycles. The van der Waals surface area contributed by atoms with Crippen LogP contribution in [0.1, 0.15) is 82.1 Å². The first-order valence-corrected chi connectivity index (χ1v) is 11.8. The second-order valence-corrected chi connectivity index (χ2v) is 9.67. The molecule has 0 heterocycles. The van der Waals surface area contributed by atoms with Gasteiger partial charge < -0.3 is 0 Å². The number of aryl methyl sites for hydroxylation is 1. The highest BCUT2D eigenvalue weighted by molar-refractivity contribution is 5.44. The maximum absolute atomic E-state index is 14.9. The number of hydrogen-bond acceptors (Lipinski definition) is 2. The second kappa shape index (κ2) is 10.1. The summed E-state index contributed by atoms with van der Waals surface area (Å²) in [5.41, 5.74) is 1.15. The molecule has 0 saturated heterocycles. The summed E-state index contributed by atoms with van der Waals surface area (Å²) in [6.07, 6.45) is 4.04. The normalized spacial score (nSPS) is 18.5. The molecule has 0 radical (unpaired) electrons. The van der Waals surface area contributed by atoms with Crippen LogP contribution in [0, 0.1) is 11.3 Å². The van der Waals surface area contributed by atoms with Crippen molar-refractivity contribution < 1.29 is 8.78 Å². The van der Waals surface area contributed by atoms with Crippen LogP contribution in [0.4, 0.5) is 8.78 Å². The number of nitriles is 1. The van der Waals surface area contributed by atoms with E-state index in [4.69, 9.17) is 5.26 Å². The van der Waals surface area contributed by atoms with E-state index in [2.05, 4.69) is 56.0 Å². The molecule has 0 aromatic heterocycles. The third-order valence-electron chi connectivity index (χ3n) is 6.72. The van der Waals surface area contributed by atoms with Crippen LogP contribution in [0.25, 0.3) is 0 Å². The average molecular weight is 439 g/mol.